The molecule has 0 aliphatic heterocycles. The molecule has 3 rings (SSSR count). The first-order valence-corrected chi connectivity index (χ1v) is 8.26. The second-order valence-electron chi connectivity index (χ2n) is 6.14. The van der Waals surface area contributed by atoms with Crippen LogP contribution in [0.2, 0.25) is 0 Å². The molecule has 0 saturated carbocycles. The van der Waals surface area contributed by atoms with Gasteiger partial charge in [0.05, 0.1) is 11.3 Å². The molecule has 0 atom stereocenters. The first kappa shape index (κ1) is 17.7. The number of furan rings is 1. The lowest BCUT2D eigenvalue weighted by Gasteiger charge is -2.10. The predicted molar refractivity (Wildman–Crippen MR) is 98.6 cm³/mol. The number of carbonyl (C=O) groups excluding carboxylic acids is 1. The standard InChI is InChI=1S/C20H20FN3O2/c1-12-8-16(13(2)26-12)19(25)10-14-5-6-17(21)15(9-14)11-24-18-4-3-7-23-20(18)22/h3-9,24H,10-11H2,1-2H3,(H2,22,23). The van der Waals surface area contributed by atoms with Crippen molar-refractivity contribution in [3.05, 3.63) is 76.6 Å². The van der Waals surface area contributed by atoms with E-state index in [0.29, 0.717) is 34.2 Å². The maximum absolute atomic E-state index is 14.1. The summed E-state index contributed by atoms with van der Waals surface area (Å²) in [6.07, 6.45) is 1.77. The summed E-state index contributed by atoms with van der Waals surface area (Å²) in [7, 11) is 0. The third-order valence-electron chi connectivity index (χ3n) is 4.12. The van der Waals surface area contributed by atoms with Crippen LogP contribution in [0.1, 0.15) is 33.0 Å². The lowest BCUT2D eigenvalue weighted by Crippen LogP contribution is -2.08. The summed E-state index contributed by atoms with van der Waals surface area (Å²) in [4.78, 5) is 16.5. The Labute approximate surface area is 151 Å². The molecule has 5 nitrogen and oxygen atoms in total. The van der Waals surface area contributed by atoms with Gasteiger partial charge >= 0.3 is 0 Å². The quantitative estimate of drug-likeness (QED) is 0.654. The molecule has 0 unspecified atom stereocenters. The van der Waals surface area contributed by atoms with Gasteiger partial charge in [0.2, 0.25) is 0 Å². The van der Waals surface area contributed by atoms with Gasteiger partial charge in [0.25, 0.3) is 0 Å². The third kappa shape index (κ3) is 3.91. The average Bonchev–Trinajstić information content (AvgIpc) is 2.95. The van der Waals surface area contributed by atoms with Crippen LogP contribution >= 0.6 is 0 Å². The Balaban J connectivity index is 1.74. The first-order valence-electron chi connectivity index (χ1n) is 8.26. The van der Waals surface area contributed by atoms with Crippen LogP contribution in [0.25, 0.3) is 0 Å². The fraction of sp³-hybridized carbons (Fsp3) is 0.200. The first-order chi connectivity index (χ1) is 12.4. The van der Waals surface area contributed by atoms with Crippen molar-refractivity contribution in [1.82, 2.24) is 4.98 Å². The van der Waals surface area contributed by atoms with Gasteiger partial charge in [0.15, 0.2) is 5.78 Å². The molecule has 2 heterocycles. The van der Waals surface area contributed by atoms with Gasteiger partial charge in [-0.15, -0.1) is 0 Å². The van der Waals surface area contributed by atoms with E-state index in [1.807, 2.05) is 0 Å². The largest absolute Gasteiger partial charge is 0.466 e. The summed E-state index contributed by atoms with van der Waals surface area (Å²) >= 11 is 0. The Hall–Kier alpha value is -3.15. The molecule has 0 saturated heterocycles. The second kappa shape index (κ2) is 7.39. The minimum Gasteiger partial charge on any atom is -0.466 e. The number of rotatable bonds is 6. The number of aryl methyl sites for hydroxylation is 2. The van der Waals surface area contributed by atoms with Gasteiger partial charge in [0, 0.05) is 24.7 Å². The lowest BCUT2D eigenvalue weighted by atomic mass is 10.0. The SMILES string of the molecule is Cc1cc(C(=O)Cc2ccc(F)c(CNc3cccnc3N)c2)c(C)o1. The number of anilines is 2. The van der Waals surface area contributed by atoms with Crippen molar-refractivity contribution in [1.29, 1.82) is 0 Å². The van der Waals surface area contributed by atoms with Gasteiger partial charge in [-0.3, -0.25) is 4.79 Å². The topological polar surface area (TPSA) is 81.2 Å². The Bertz CT molecular complexity index is 950. The second-order valence-corrected chi connectivity index (χ2v) is 6.14. The van der Waals surface area contributed by atoms with E-state index in [1.165, 1.54) is 6.07 Å². The molecule has 0 spiro atoms. The van der Waals surface area contributed by atoms with Gasteiger partial charge in [-0.2, -0.15) is 0 Å². The summed E-state index contributed by atoms with van der Waals surface area (Å²) in [5.41, 5.74) is 8.18. The smallest absolute Gasteiger partial charge is 0.170 e. The van der Waals surface area contributed by atoms with Crippen LogP contribution in [0.4, 0.5) is 15.9 Å². The predicted octanol–water partition coefficient (Wildman–Crippen LogP) is 4.05. The van der Waals surface area contributed by atoms with Crippen molar-refractivity contribution in [3.63, 3.8) is 0 Å². The van der Waals surface area contributed by atoms with E-state index in [9.17, 15) is 9.18 Å². The fourth-order valence-corrected chi connectivity index (χ4v) is 2.82. The summed E-state index contributed by atoms with van der Waals surface area (Å²) < 4.78 is 19.5. The maximum atomic E-state index is 14.1. The Kier molecular flexibility index (Phi) is 5.02. The van der Waals surface area contributed by atoms with Gasteiger partial charge in [0.1, 0.15) is 23.2 Å². The molecule has 3 N–H and O–H groups in total. The number of Topliss-reactive ketones (excluding diaryl/α,β-unsaturated/α-hetero) is 1. The van der Waals surface area contributed by atoms with Crippen LogP contribution in [0.15, 0.2) is 47.0 Å². The molecule has 0 amide bonds. The molecule has 1 aromatic carbocycles. The highest BCUT2D eigenvalue weighted by atomic mass is 19.1. The summed E-state index contributed by atoms with van der Waals surface area (Å²) in [6, 6.07) is 9.94. The van der Waals surface area contributed by atoms with Crippen LogP contribution in [-0.4, -0.2) is 10.8 Å². The van der Waals surface area contributed by atoms with Crippen LogP contribution < -0.4 is 11.1 Å². The number of pyridine rings is 1. The molecular formula is C20H20FN3O2. The van der Waals surface area contributed by atoms with E-state index in [-0.39, 0.29) is 24.6 Å². The highest BCUT2D eigenvalue weighted by Crippen LogP contribution is 2.20. The number of ketones is 1. The number of nitrogens with one attached hydrogen (secondary N) is 1. The van der Waals surface area contributed by atoms with Gasteiger partial charge < -0.3 is 15.5 Å². The molecule has 6 heteroatoms. The Morgan fingerprint density at radius 3 is 2.77 bits per heavy atom. The van der Waals surface area contributed by atoms with Crippen LogP contribution in [0.3, 0.4) is 0 Å². The molecule has 0 aliphatic rings. The third-order valence-corrected chi connectivity index (χ3v) is 4.12. The van der Waals surface area contributed by atoms with Crippen molar-refractivity contribution in [3.8, 4) is 0 Å². The molecule has 0 aliphatic carbocycles. The number of halogens is 1. The van der Waals surface area contributed by atoms with Gasteiger partial charge in [-0.05, 0) is 43.7 Å². The van der Waals surface area contributed by atoms with E-state index in [0.717, 1.165) is 5.56 Å². The van der Waals surface area contributed by atoms with Crippen LogP contribution in [-0.2, 0) is 13.0 Å². The van der Waals surface area contributed by atoms with Crippen molar-refractivity contribution < 1.29 is 13.6 Å². The van der Waals surface area contributed by atoms with E-state index >= 15 is 0 Å². The number of hydrogen-bond donors (Lipinski definition) is 2. The highest BCUT2D eigenvalue weighted by molar-refractivity contribution is 5.98. The molecule has 0 radical (unpaired) electrons. The number of nitrogens with zero attached hydrogens (tertiary/aromatic N) is 1. The average molecular weight is 353 g/mol. The lowest BCUT2D eigenvalue weighted by molar-refractivity contribution is 0.0991. The van der Waals surface area contributed by atoms with Gasteiger partial charge in [-0.1, -0.05) is 12.1 Å². The molecule has 26 heavy (non-hydrogen) atoms. The van der Waals surface area contributed by atoms with E-state index in [4.69, 9.17) is 10.2 Å². The van der Waals surface area contributed by atoms with Crippen molar-refractivity contribution in [2.45, 2.75) is 26.8 Å². The van der Waals surface area contributed by atoms with E-state index in [1.54, 1.807) is 50.4 Å². The number of nitrogens with two attached hydrogens (primary N) is 1. The summed E-state index contributed by atoms with van der Waals surface area (Å²) in [5, 5.41) is 3.07. The van der Waals surface area contributed by atoms with Crippen molar-refractivity contribution >= 4 is 17.3 Å². The Morgan fingerprint density at radius 2 is 2.08 bits per heavy atom. The van der Waals surface area contributed by atoms with Gasteiger partial charge in [-0.25, -0.2) is 9.37 Å². The number of nitrogen functional groups attached to an aromatic ring is 1. The zero-order chi connectivity index (χ0) is 18.7. The molecule has 3 aromatic rings. The van der Waals surface area contributed by atoms with E-state index in [2.05, 4.69) is 10.3 Å². The van der Waals surface area contributed by atoms with Crippen LogP contribution in [0, 0.1) is 19.7 Å². The number of benzene rings is 1. The molecular weight excluding hydrogens is 333 g/mol. The summed E-state index contributed by atoms with van der Waals surface area (Å²) in [6.45, 7) is 3.81. The normalized spacial score (nSPS) is 10.7. The zero-order valence-electron chi connectivity index (χ0n) is 14.7. The van der Waals surface area contributed by atoms with Crippen molar-refractivity contribution in [2.24, 2.45) is 0 Å². The maximum Gasteiger partial charge on any atom is 0.170 e. The highest BCUT2D eigenvalue weighted by Gasteiger charge is 2.15. The minimum atomic E-state index is -0.341. The number of carbonyl (C=O) groups is 1. The molecule has 2 aromatic heterocycles. The van der Waals surface area contributed by atoms with E-state index < -0.39 is 0 Å². The molecule has 0 fully saturated rings. The fourth-order valence-electron chi connectivity index (χ4n) is 2.82. The van der Waals surface area contributed by atoms with Crippen LogP contribution in [0.5, 0.6) is 0 Å². The number of aromatic nitrogens is 1. The monoisotopic (exact) mass is 353 g/mol. The minimum absolute atomic E-state index is 0.0543. The molecule has 0 bridgehead atoms. The van der Waals surface area contributed by atoms with Crippen molar-refractivity contribution in [2.75, 3.05) is 11.1 Å². The summed E-state index contributed by atoms with van der Waals surface area (Å²) in [5.74, 6) is 1.25. The Morgan fingerprint density at radius 1 is 1.27 bits per heavy atom. The zero-order valence-corrected chi connectivity index (χ0v) is 14.7. The number of hydrogen-bond acceptors (Lipinski definition) is 5. The molecule has 134 valence electrons.